The normalized spacial score (nSPS) is 16.9. The maximum atomic E-state index is 12.6. The number of nitrogens with one attached hydrogen (secondary N) is 1. The zero-order valence-electron chi connectivity index (χ0n) is 15.4. The Morgan fingerprint density at radius 2 is 2.23 bits per heavy atom. The first-order valence-corrected chi connectivity index (χ1v) is 9.15. The van der Waals surface area contributed by atoms with Crippen LogP contribution in [0.25, 0.3) is 11.3 Å². The van der Waals surface area contributed by atoms with E-state index < -0.39 is 5.97 Å². The van der Waals surface area contributed by atoms with E-state index in [0.29, 0.717) is 36.4 Å². The van der Waals surface area contributed by atoms with Crippen LogP contribution in [-0.4, -0.2) is 40.0 Å². The van der Waals surface area contributed by atoms with E-state index in [1.165, 1.54) is 0 Å². The molecule has 0 aromatic carbocycles. The Balaban J connectivity index is 1.72. The van der Waals surface area contributed by atoms with Crippen molar-refractivity contribution in [3.63, 3.8) is 0 Å². The quantitative estimate of drug-likeness (QED) is 0.830. The molecule has 0 radical (unpaired) electrons. The molecule has 1 saturated carbocycles. The lowest BCUT2D eigenvalue weighted by Gasteiger charge is -2.23. The number of pyridine rings is 1. The predicted molar refractivity (Wildman–Crippen MR) is 97.3 cm³/mol. The first-order valence-electron chi connectivity index (χ1n) is 9.15. The molecule has 2 aromatic rings. The molecule has 1 fully saturated rings. The molecule has 0 saturated heterocycles. The van der Waals surface area contributed by atoms with Gasteiger partial charge in [-0.05, 0) is 45.7 Å². The van der Waals surface area contributed by atoms with Crippen LogP contribution in [0.3, 0.4) is 0 Å². The van der Waals surface area contributed by atoms with E-state index in [1.807, 2.05) is 16.8 Å². The van der Waals surface area contributed by atoms with Crippen molar-refractivity contribution < 1.29 is 14.3 Å². The number of fused-ring (bicyclic) bond motifs is 1. The van der Waals surface area contributed by atoms with Gasteiger partial charge >= 0.3 is 5.97 Å². The van der Waals surface area contributed by atoms with Gasteiger partial charge in [0.25, 0.3) is 0 Å². The van der Waals surface area contributed by atoms with Crippen LogP contribution < -0.4 is 10.1 Å². The summed E-state index contributed by atoms with van der Waals surface area (Å²) in [5.41, 5.74) is 1.94. The van der Waals surface area contributed by atoms with Crippen LogP contribution in [0.2, 0.25) is 0 Å². The van der Waals surface area contributed by atoms with Crippen molar-refractivity contribution in [1.29, 1.82) is 0 Å². The molecule has 3 heterocycles. The third-order valence-corrected chi connectivity index (χ3v) is 4.82. The van der Waals surface area contributed by atoms with Gasteiger partial charge in [0, 0.05) is 23.2 Å². The minimum Gasteiger partial charge on any atom is -0.477 e. The molecular weight excluding hydrogens is 332 g/mol. The molecule has 7 nitrogen and oxygen atoms in total. The van der Waals surface area contributed by atoms with E-state index in [2.05, 4.69) is 29.2 Å². The number of aromatic nitrogens is 3. The van der Waals surface area contributed by atoms with Gasteiger partial charge in [-0.1, -0.05) is 0 Å². The number of nitrogens with zero attached hydrogens (tertiary/aromatic N) is 3. The standard InChI is InChI=1S/C19H24N4O3/c1-4-25-18(24)15-16(13-5-6-14(20-9-13)21-12(2)3)22-23-10-19(7-8-19)11-26-17(15)23/h5-6,9,12H,4,7-8,10-11H2,1-3H3,(H,20,21). The first-order chi connectivity index (χ1) is 12.5. The van der Waals surface area contributed by atoms with Crippen molar-refractivity contribution >= 4 is 11.8 Å². The summed E-state index contributed by atoms with van der Waals surface area (Å²) in [7, 11) is 0. The minimum atomic E-state index is -0.403. The number of carbonyl (C=O) groups is 1. The molecule has 26 heavy (non-hydrogen) atoms. The lowest BCUT2D eigenvalue weighted by Crippen LogP contribution is -2.27. The average Bonchev–Trinajstić information content (AvgIpc) is 3.24. The Morgan fingerprint density at radius 3 is 2.85 bits per heavy atom. The first kappa shape index (κ1) is 16.9. The van der Waals surface area contributed by atoms with Crippen LogP contribution in [0.4, 0.5) is 5.82 Å². The number of esters is 1. The number of hydrogen-bond acceptors (Lipinski definition) is 6. The summed E-state index contributed by atoms with van der Waals surface area (Å²) in [6.45, 7) is 7.64. The van der Waals surface area contributed by atoms with Crippen molar-refractivity contribution in [1.82, 2.24) is 14.8 Å². The number of carbonyl (C=O) groups excluding carboxylic acids is 1. The summed E-state index contributed by atoms with van der Waals surface area (Å²) < 4.78 is 13.0. The van der Waals surface area contributed by atoms with E-state index in [-0.39, 0.29) is 5.41 Å². The number of hydrogen-bond donors (Lipinski definition) is 1. The predicted octanol–water partition coefficient (Wildman–Crippen LogP) is 3.11. The molecule has 0 bridgehead atoms. The molecule has 1 aliphatic heterocycles. The summed E-state index contributed by atoms with van der Waals surface area (Å²) in [6, 6.07) is 4.11. The highest BCUT2D eigenvalue weighted by Gasteiger charge is 2.48. The average molecular weight is 356 g/mol. The van der Waals surface area contributed by atoms with E-state index in [9.17, 15) is 4.79 Å². The van der Waals surface area contributed by atoms with Gasteiger partial charge in [-0.25, -0.2) is 14.5 Å². The van der Waals surface area contributed by atoms with Gasteiger partial charge in [-0.2, -0.15) is 5.10 Å². The SMILES string of the molecule is CCOC(=O)c1c(-c2ccc(NC(C)C)nc2)nn2c1OCC1(CC1)C2. The molecule has 4 rings (SSSR count). The largest absolute Gasteiger partial charge is 0.477 e. The fraction of sp³-hybridized carbons (Fsp3) is 0.526. The smallest absolute Gasteiger partial charge is 0.345 e. The van der Waals surface area contributed by atoms with E-state index >= 15 is 0 Å². The van der Waals surface area contributed by atoms with Crippen LogP contribution in [0.15, 0.2) is 18.3 Å². The molecule has 7 heteroatoms. The van der Waals surface area contributed by atoms with Gasteiger partial charge in [-0.3, -0.25) is 0 Å². The second kappa shape index (κ2) is 6.30. The third kappa shape index (κ3) is 3.02. The summed E-state index contributed by atoms with van der Waals surface area (Å²) in [5.74, 6) is 0.902. The fourth-order valence-corrected chi connectivity index (χ4v) is 3.27. The highest BCUT2D eigenvalue weighted by Crippen LogP contribution is 2.51. The maximum absolute atomic E-state index is 12.6. The molecule has 1 spiro atoms. The second-order valence-electron chi connectivity index (χ2n) is 7.43. The van der Waals surface area contributed by atoms with Crippen LogP contribution >= 0.6 is 0 Å². The van der Waals surface area contributed by atoms with E-state index in [0.717, 1.165) is 30.8 Å². The lowest BCUT2D eigenvalue weighted by atomic mass is 10.1. The van der Waals surface area contributed by atoms with Crippen LogP contribution in [0.5, 0.6) is 5.88 Å². The van der Waals surface area contributed by atoms with E-state index in [4.69, 9.17) is 9.47 Å². The van der Waals surface area contributed by atoms with Crippen molar-refractivity contribution in [2.24, 2.45) is 5.41 Å². The molecular formula is C19H24N4O3. The maximum Gasteiger partial charge on any atom is 0.345 e. The van der Waals surface area contributed by atoms with Gasteiger partial charge in [-0.15, -0.1) is 0 Å². The van der Waals surface area contributed by atoms with Gasteiger partial charge in [0.1, 0.15) is 17.1 Å². The van der Waals surface area contributed by atoms with Crippen LogP contribution in [-0.2, 0) is 11.3 Å². The Hall–Kier alpha value is -2.57. The Kier molecular flexibility index (Phi) is 4.09. The van der Waals surface area contributed by atoms with Crippen LogP contribution in [0, 0.1) is 5.41 Å². The molecule has 0 unspecified atom stereocenters. The zero-order chi connectivity index (χ0) is 18.3. The van der Waals surface area contributed by atoms with Gasteiger partial charge < -0.3 is 14.8 Å². The van der Waals surface area contributed by atoms with Gasteiger partial charge in [0.2, 0.25) is 5.88 Å². The van der Waals surface area contributed by atoms with Crippen molar-refractivity contribution in [2.75, 3.05) is 18.5 Å². The molecule has 2 aliphatic rings. The Labute approximate surface area is 152 Å². The number of ether oxygens (including phenoxy) is 2. The second-order valence-corrected chi connectivity index (χ2v) is 7.43. The monoisotopic (exact) mass is 356 g/mol. The van der Waals surface area contributed by atoms with Crippen LogP contribution in [0.1, 0.15) is 44.0 Å². The molecule has 0 atom stereocenters. The highest BCUT2D eigenvalue weighted by atomic mass is 16.5. The van der Waals surface area contributed by atoms with Gasteiger partial charge in [0.15, 0.2) is 0 Å². The van der Waals surface area contributed by atoms with E-state index in [1.54, 1.807) is 13.1 Å². The molecule has 1 N–H and O–H groups in total. The third-order valence-electron chi connectivity index (χ3n) is 4.82. The van der Waals surface area contributed by atoms with Crippen molar-refractivity contribution in [2.45, 2.75) is 46.2 Å². The molecule has 0 amide bonds. The minimum absolute atomic E-state index is 0.200. The van der Waals surface area contributed by atoms with Crippen molar-refractivity contribution in [3.05, 3.63) is 23.9 Å². The molecule has 1 aliphatic carbocycles. The molecule has 138 valence electrons. The fourth-order valence-electron chi connectivity index (χ4n) is 3.27. The Morgan fingerprint density at radius 1 is 1.42 bits per heavy atom. The van der Waals surface area contributed by atoms with Crippen molar-refractivity contribution in [3.8, 4) is 17.1 Å². The summed E-state index contributed by atoms with van der Waals surface area (Å²) in [5, 5.41) is 7.94. The summed E-state index contributed by atoms with van der Waals surface area (Å²) in [4.78, 5) is 17.0. The lowest BCUT2D eigenvalue weighted by molar-refractivity contribution is 0.0515. The summed E-state index contributed by atoms with van der Waals surface area (Å²) >= 11 is 0. The van der Waals surface area contributed by atoms with Gasteiger partial charge in [0.05, 0.1) is 19.8 Å². The number of anilines is 1. The molecule has 2 aromatic heterocycles. The topological polar surface area (TPSA) is 78.3 Å². The summed E-state index contributed by atoms with van der Waals surface area (Å²) in [6.07, 6.45) is 4.02. The number of rotatable bonds is 5. The highest BCUT2D eigenvalue weighted by molar-refractivity contribution is 5.98. The Bertz CT molecular complexity index is 822. The zero-order valence-corrected chi connectivity index (χ0v) is 15.4.